The number of hydrogen-bond donors (Lipinski definition) is 0. The SMILES string of the molecule is CCCCCCCCCCCCCCC=CCCc1ccc(CCCC)cc1C1=C(CCCC)C(CCCCC)=C(c2cc(CCCC)ccc2CCC=CCCCCCCCCCCCCCC)[N+]1=[N-]. The molecule has 1 aliphatic rings. The average molecular weight is 972 g/mol. The zero-order valence-electron chi connectivity index (χ0n) is 48.1. The summed E-state index contributed by atoms with van der Waals surface area (Å²) in [6.07, 6.45) is 64.8. The van der Waals surface area contributed by atoms with Gasteiger partial charge in [0, 0.05) is 22.3 Å². The van der Waals surface area contributed by atoms with Gasteiger partial charge in [-0.1, -0.05) is 263 Å². The Morgan fingerprint density at radius 3 is 0.972 bits per heavy atom. The molecule has 0 radical (unpaired) electrons. The lowest BCUT2D eigenvalue weighted by atomic mass is 9.88. The van der Waals surface area contributed by atoms with Crippen molar-refractivity contribution in [2.45, 2.75) is 318 Å². The fraction of sp³-hybridized carbons (Fsp3) is 0.710. The van der Waals surface area contributed by atoms with Gasteiger partial charge < -0.3 is 5.53 Å². The van der Waals surface area contributed by atoms with Crippen molar-refractivity contribution in [3.8, 4) is 0 Å². The Hall–Kier alpha value is -3.00. The van der Waals surface area contributed by atoms with Crippen molar-refractivity contribution >= 4 is 11.4 Å². The molecule has 0 saturated heterocycles. The van der Waals surface area contributed by atoms with Crippen LogP contribution in [0.25, 0.3) is 16.9 Å². The summed E-state index contributed by atoms with van der Waals surface area (Å²) < 4.78 is 1.73. The molecule has 2 aromatic carbocycles. The fourth-order valence-corrected chi connectivity index (χ4v) is 11.0. The largest absolute Gasteiger partial charge is 0.493 e. The van der Waals surface area contributed by atoms with Crippen LogP contribution in [0.15, 0.2) is 71.8 Å². The van der Waals surface area contributed by atoms with Crippen LogP contribution < -0.4 is 0 Å². The van der Waals surface area contributed by atoms with Crippen molar-refractivity contribution in [2.24, 2.45) is 0 Å². The van der Waals surface area contributed by atoms with E-state index >= 15 is 0 Å². The highest BCUT2D eigenvalue weighted by Gasteiger charge is 2.37. The fourth-order valence-electron chi connectivity index (χ4n) is 11.0. The lowest BCUT2D eigenvalue weighted by Gasteiger charge is -2.17. The highest BCUT2D eigenvalue weighted by Crippen LogP contribution is 2.46. The molecule has 1 heterocycles. The van der Waals surface area contributed by atoms with E-state index in [9.17, 15) is 5.53 Å². The molecule has 0 unspecified atom stereocenters. The maximum Gasteiger partial charge on any atom is 0.211 e. The molecule has 2 nitrogen and oxygen atoms in total. The molecule has 0 saturated carbocycles. The van der Waals surface area contributed by atoms with Crippen LogP contribution in [0, 0.1) is 0 Å². The second-order valence-electron chi connectivity index (χ2n) is 22.1. The first kappa shape index (κ1) is 62.3. The first-order valence-corrected chi connectivity index (χ1v) is 31.5. The first-order chi connectivity index (χ1) is 35.0. The number of rotatable bonds is 47. The summed E-state index contributed by atoms with van der Waals surface area (Å²) in [6.45, 7) is 13.9. The lowest BCUT2D eigenvalue weighted by molar-refractivity contribution is -0.345. The molecule has 0 aliphatic carbocycles. The van der Waals surface area contributed by atoms with Crippen molar-refractivity contribution in [3.63, 3.8) is 0 Å². The number of hydrogen-bond acceptors (Lipinski definition) is 0. The Kier molecular flexibility index (Phi) is 37.2. The van der Waals surface area contributed by atoms with Crippen LogP contribution in [0.1, 0.15) is 325 Å². The molecule has 0 aromatic heterocycles. The van der Waals surface area contributed by atoms with Crippen molar-refractivity contribution in [1.82, 2.24) is 0 Å². The molecule has 71 heavy (non-hydrogen) atoms. The summed E-state index contributed by atoms with van der Waals surface area (Å²) in [6, 6.07) is 14.6. The van der Waals surface area contributed by atoms with Crippen LogP contribution >= 0.6 is 0 Å². The molecular weight excluding hydrogens is 857 g/mol. The second-order valence-corrected chi connectivity index (χ2v) is 22.1. The van der Waals surface area contributed by atoms with Crippen LogP contribution in [0.2, 0.25) is 0 Å². The molecule has 0 bridgehead atoms. The topological polar surface area (TPSA) is 25.3 Å². The minimum absolute atomic E-state index is 1.00. The number of aryl methyl sites for hydroxylation is 4. The minimum Gasteiger partial charge on any atom is -0.493 e. The van der Waals surface area contributed by atoms with Gasteiger partial charge in [-0.15, -0.1) is 0 Å². The Morgan fingerprint density at radius 1 is 0.310 bits per heavy atom. The van der Waals surface area contributed by atoms with E-state index in [-0.39, 0.29) is 0 Å². The summed E-state index contributed by atoms with van der Waals surface area (Å²) in [5.41, 5.74) is 26.2. The lowest BCUT2D eigenvalue weighted by Crippen LogP contribution is -2.08. The van der Waals surface area contributed by atoms with Crippen LogP contribution in [0.4, 0.5) is 0 Å². The molecular formula is C69H114N2. The van der Waals surface area contributed by atoms with E-state index in [0.717, 1.165) is 82.0 Å². The predicted molar refractivity (Wildman–Crippen MR) is 318 cm³/mol. The van der Waals surface area contributed by atoms with Crippen molar-refractivity contribution < 1.29 is 4.70 Å². The van der Waals surface area contributed by atoms with Gasteiger partial charge in [0.05, 0.1) is 0 Å². The molecule has 0 atom stereocenters. The zero-order valence-corrected chi connectivity index (χ0v) is 48.1. The smallest absolute Gasteiger partial charge is 0.211 e. The average Bonchev–Trinajstić information content (AvgIpc) is 3.66. The predicted octanol–water partition coefficient (Wildman–Crippen LogP) is 23.5. The number of nitrogens with zero attached hydrogens (tertiary/aromatic N) is 2. The highest BCUT2D eigenvalue weighted by atomic mass is 15.2. The van der Waals surface area contributed by atoms with Gasteiger partial charge in [-0.3, -0.25) is 0 Å². The molecule has 0 fully saturated rings. The van der Waals surface area contributed by atoms with E-state index in [2.05, 4.69) is 102 Å². The highest BCUT2D eigenvalue weighted by molar-refractivity contribution is 5.84. The summed E-state index contributed by atoms with van der Waals surface area (Å²) in [5.74, 6) is 0. The van der Waals surface area contributed by atoms with Gasteiger partial charge in [-0.05, 0) is 137 Å². The number of benzene rings is 2. The van der Waals surface area contributed by atoms with E-state index in [1.807, 2.05) is 0 Å². The standard InChI is InChI=1S/C69H114N2/c1-7-13-19-21-23-25-27-29-31-33-35-37-39-41-43-46-50-62-56-54-60(48-16-10-4)58-66(62)68-64(52-18-12-6)65(53-45-15-9-3)69(71(68)70)67-59-61(49-17-11-5)55-57-63(67)51-47-44-42-40-38-36-34-32-30-28-26-24-22-20-14-8-2/h41-44,54-59H,7-40,45-53H2,1-6H3. The molecule has 400 valence electrons. The minimum atomic E-state index is 1.00. The summed E-state index contributed by atoms with van der Waals surface area (Å²) >= 11 is 0. The third-order valence-corrected chi connectivity index (χ3v) is 15.6. The third kappa shape index (κ3) is 26.2. The van der Waals surface area contributed by atoms with E-state index < -0.39 is 0 Å². The normalized spacial score (nSPS) is 13.2. The Balaban J connectivity index is 1.79. The van der Waals surface area contributed by atoms with Crippen LogP contribution in [-0.4, -0.2) is 4.70 Å². The summed E-state index contributed by atoms with van der Waals surface area (Å²) in [4.78, 5) is 0. The van der Waals surface area contributed by atoms with Crippen LogP contribution in [0.5, 0.6) is 0 Å². The molecule has 1 aliphatic heterocycles. The first-order valence-electron chi connectivity index (χ1n) is 31.5. The Morgan fingerprint density at radius 2 is 0.606 bits per heavy atom. The van der Waals surface area contributed by atoms with Gasteiger partial charge >= 0.3 is 0 Å². The van der Waals surface area contributed by atoms with Gasteiger partial charge in [0.1, 0.15) is 0 Å². The van der Waals surface area contributed by atoms with Crippen molar-refractivity contribution in [2.75, 3.05) is 0 Å². The van der Waals surface area contributed by atoms with Gasteiger partial charge in [-0.25, -0.2) is 4.70 Å². The molecule has 0 amide bonds. The van der Waals surface area contributed by atoms with Crippen molar-refractivity contribution in [1.29, 1.82) is 0 Å². The van der Waals surface area contributed by atoms with E-state index in [0.29, 0.717) is 0 Å². The molecule has 0 N–H and O–H groups in total. The van der Waals surface area contributed by atoms with Gasteiger partial charge in [0.25, 0.3) is 0 Å². The molecule has 3 rings (SSSR count). The van der Waals surface area contributed by atoms with E-state index in [1.165, 1.54) is 250 Å². The second kappa shape index (κ2) is 42.4. The molecule has 0 spiro atoms. The number of unbranched alkanes of at least 4 members (excludes halogenated alkanes) is 29. The van der Waals surface area contributed by atoms with Gasteiger partial charge in [0.15, 0.2) is 0 Å². The zero-order chi connectivity index (χ0) is 50.8. The Labute approximate surface area is 442 Å². The van der Waals surface area contributed by atoms with Crippen molar-refractivity contribution in [3.05, 3.63) is 111 Å². The molecule has 2 heteroatoms. The van der Waals surface area contributed by atoms with Gasteiger partial charge in [-0.2, -0.15) is 0 Å². The van der Waals surface area contributed by atoms with Gasteiger partial charge in [0.2, 0.25) is 11.4 Å². The maximum absolute atomic E-state index is 13.0. The van der Waals surface area contributed by atoms with E-state index in [4.69, 9.17) is 0 Å². The number of allylic oxidation sites excluding steroid dienone is 6. The monoisotopic (exact) mass is 971 g/mol. The van der Waals surface area contributed by atoms with Crippen LogP contribution in [0.3, 0.4) is 0 Å². The van der Waals surface area contributed by atoms with Crippen LogP contribution in [-0.2, 0) is 25.7 Å². The van der Waals surface area contributed by atoms with E-state index in [1.54, 1.807) is 4.70 Å². The third-order valence-electron chi connectivity index (χ3n) is 15.6. The maximum atomic E-state index is 13.0. The Bertz CT molecular complexity index is 1780. The summed E-state index contributed by atoms with van der Waals surface area (Å²) in [5, 5.41) is 0. The molecule has 2 aromatic rings. The summed E-state index contributed by atoms with van der Waals surface area (Å²) in [7, 11) is 0. The quantitative estimate of drug-likeness (QED) is 0.0359.